The van der Waals surface area contributed by atoms with Gasteiger partial charge < -0.3 is 15.4 Å². The van der Waals surface area contributed by atoms with E-state index in [0.29, 0.717) is 6.04 Å². The van der Waals surface area contributed by atoms with Gasteiger partial charge in [0.2, 0.25) is 0 Å². The van der Waals surface area contributed by atoms with Gasteiger partial charge >= 0.3 is 6.09 Å². The maximum Gasteiger partial charge on any atom is 0.407 e. The van der Waals surface area contributed by atoms with Crippen LogP contribution < -0.4 is 10.6 Å². The van der Waals surface area contributed by atoms with Gasteiger partial charge in [0.25, 0.3) is 0 Å². The van der Waals surface area contributed by atoms with Crippen LogP contribution in [0.3, 0.4) is 0 Å². The Labute approximate surface area is 119 Å². The summed E-state index contributed by atoms with van der Waals surface area (Å²) >= 11 is 0. The highest BCUT2D eigenvalue weighted by atomic mass is 16.6. The molecule has 0 saturated heterocycles. The van der Waals surface area contributed by atoms with Crippen LogP contribution in [0.15, 0.2) is 18.6 Å². The van der Waals surface area contributed by atoms with Crippen LogP contribution in [0.1, 0.15) is 39.3 Å². The molecular weight excluding hydrogens is 256 g/mol. The molecule has 1 aromatic rings. The van der Waals surface area contributed by atoms with Gasteiger partial charge in [-0.2, -0.15) is 0 Å². The minimum absolute atomic E-state index is 0.202. The molecule has 2 N–H and O–H groups in total. The van der Waals surface area contributed by atoms with Crippen LogP contribution in [0, 0.1) is 0 Å². The summed E-state index contributed by atoms with van der Waals surface area (Å²) in [5, 5.41) is 6.28. The number of carbonyl (C=O) groups is 1. The first kappa shape index (κ1) is 14.7. The lowest BCUT2D eigenvalue weighted by Gasteiger charge is -2.36. The summed E-state index contributed by atoms with van der Waals surface area (Å²) in [5.74, 6) is 0. The van der Waals surface area contributed by atoms with Crippen LogP contribution in [-0.2, 0) is 11.3 Å². The fourth-order valence-electron chi connectivity index (χ4n) is 2.05. The second-order valence-electron chi connectivity index (χ2n) is 6.09. The van der Waals surface area contributed by atoms with Gasteiger partial charge in [0.15, 0.2) is 0 Å². The van der Waals surface area contributed by atoms with Gasteiger partial charge in [-0.1, -0.05) is 0 Å². The smallest absolute Gasteiger partial charge is 0.407 e. The van der Waals surface area contributed by atoms with Crippen molar-refractivity contribution < 1.29 is 9.53 Å². The van der Waals surface area contributed by atoms with Gasteiger partial charge in [-0.3, -0.25) is 0 Å². The number of nitrogens with one attached hydrogen (secondary N) is 2. The van der Waals surface area contributed by atoms with E-state index in [1.807, 2.05) is 26.8 Å². The molecule has 1 amide bonds. The predicted molar refractivity (Wildman–Crippen MR) is 75.1 cm³/mol. The second kappa shape index (κ2) is 6.17. The van der Waals surface area contributed by atoms with Crippen molar-refractivity contribution in [2.45, 2.75) is 57.8 Å². The van der Waals surface area contributed by atoms with Gasteiger partial charge in [0, 0.05) is 24.8 Å². The molecule has 1 aliphatic rings. The minimum atomic E-state index is -0.446. The number of nitrogens with zero attached hydrogens (tertiary/aromatic N) is 2. The topological polar surface area (TPSA) is 76.1 Å². The van der Waals surface area contributed by atoms with E-state index in [2.05, 4.69) is 20.6 Å². The Morgan fingerprint density at radius 3 is 2.75 bits per heavy atom. The molecule has 1 aliphatic carbocycles. The molecule has 1 heterocycles. The largest absolute Gasteiger partial charge is 0.444 e. The Morgan fingerprint density at radius 1 is 1.40 bits per heavy atom. The van der Waals surface area contributed by atoms with E-state index in [1.54, 1.807) is 12.5 Å². The molecule has 0 aliphatic heterocycles. The van der Waals surface area contributed by atoms with Crippen molar-refractivity contribution in [3.05, 3.63) is 24.3 Å². The molecule has 1 aromatic heterocycles. The second-order valence-corrected chi connectivity index (χ2v) is 6.09. The van der Waals surface area contributed by atoms with Crippen LogP contribution in [0.2, 0.25) is 0 Å². The summed E-state index contributed by atoms with van der Waals surface area (Å²) in [6.07, 6.45) is 4.79. The van der Waals surface area contributed by atoms with Crippen molar-refractivity contribution in [1.29, 1.82) is 0 Å². The first-order chi connectivity index (χ1) is 9.42. The maximum absolute atomic E-state index is 11.6. The van der Waals surface area contributed by atoms with E-state index in [0.717, 1.165) is 25.1 Å². The number of aromatic nitrogens is 2. The average molecular weight is 278 g/mol. The number of amides is 1. The Morgan fingerprint density at radius 2 is 2.15 bits per heavy atom. The zero-order valence-electron chi connectivity index (χ0n) is 12.2. The highest BCUT2D eigenvalue weighted by Gasteiger charge is 2.31. The fourth-order valence-corrected chi connectivity index (χ4v) is 2.05. The lowest BCUT2D eigenvalue weighted by atomic mass is 9.87. The van der Waals surface area contributed by atoms with Crippen molar-refractivity contribution in [3.63, 3.8) is 0 Å². The molecule has 20 heavy (non-hydrogen) atoms. The molecule has 1 saturated carbocycles. The number of hydrogen-bond acceptors (Lipinski definition) is 5. The molecule has 0 atom stereocenters. The van der Waals surface area contributed by atoms with Crippen LogP contribution in [0.4, 0.5) is 4.79 Å². The van der Waals surface area contributed by atoms with E-state index in [-0.39, 0.29) is 12.1 Å². The quantitative estimate of drug-likeness (QED) is 0.875. The van der Waals surface area contributed by atoms with Gasteiger partial charge in [-0.15, -0.1) is 0 Å². The van der Waals surface area contributed by atoms with E-state index in [9.17, 15) is 4.79 Å². The molecule has 6 heteroatoms. The van der Waals surface area contributed by atoms with Crippen molar-refractivity contribution in [3.8, 4) is 0 Å². The standard InChI is InChI=1S/C14H22N4O2/c1-14(2,3)20-13(19)18-12-6-11(7-12)16-8-10-4-5-15-9-17-10/h4-5,9,11-12,16H,6-8H2,1-3H3,(H,18,19). The summed E-state index contributed by atoms with van der Waals surface area (Å²) in [7, 11) is 0. The molecule has 0 spiro atoms. The van der Waals surface area contributed by atoms with E-state index >= 15 is 0 Å². The molecule has 0 bridgehead atoms. The average Bonchev–Trinajstić information content (AvgIpc) is 2.31. The highest BCUT2D eigenvalue weighted by molar-refractivity contribution is 5.68. The third-order valence-corrected chi connectivity index (χ3v) is 3.07. The number of ether oxygens (including phenoxy) is 1. The third kappa shape index (κ3) is 4.77. The van der Waals surface area contributed by atoms with Crippen molar-refractivity contribution in [2.24, 2.45) is 0 Å². The minimum Gasteiger partial charge on any atom is -0.444 e. The monoisotopic (exact) mass is 278 g/mol. The molecule has 0 unspecified atom stereocenters. The lowest BCUT2D eigenvalue weighted by Crippen LogP contribution is -2.53. The van der Waals surface area contributed by atoms with Crippen molar-refractivity contribution in [2.75, 3.05) is 0 Å². The normalized spacial score (nSPS) is 21.9. The van der Waals surface area contributed by atoms with Crippen LogP contribution >= 0.6 is 0 Å². The summed E-state index contributed by atoms with van der Waals surface area (Å²) < 4.78 is 5.22. The van der Waals surface area contributed by atoms with Crippen LogP contribution in [0.5, 0.6) is 0 Å². The predicted octanol–water partition coefficient (Wildman–Crippen LogP) is 1.62. The zero-order valence-corrected chi connectivity index (χ0v) is 12.2. The Balaban J connectivity index is 1.62. The maximum atomic E-state index is 11.6. The van der Waals surface area contributed by atoms with Crippen molar-refractivity contribution >= 4 is 6.09 Å². The van der Waals surface area contributed by atoms with E-state index in [1.165, 1.54) is 0 Å². The first-order valence-corrected chi connectivity index (χ1v) is 6.90. The first-order valence-electron chi connectivity index (χ1n) is 6.90. The Bertz CT molecular complexity index is 438. The van der Waals surface area contributed by atoms with E-state index < -0.39 is 5.60 Å². The fraction of sp³-hybridized carbons (Fsp3) is 0.643. The zero-order chi connectivity index (χ0) is 14.6. The molecule has 0 radical (unpaired) electrons. The van der Waals surface area contributed by atoms with Crippen LogP contribution in [-0.4, -0.2) is 33.7 Å². The third-order valence-electron chi connectivity index (χ3n) is 3.07. The summed E-state index contributed by atoms with van der Waals surface area (Å²) in [5.41, 5.74) is 0.530. The lowest BCUT2D eigenvalue weighted by molar-refractivity contribution is 0.0465. The van der Waals surface area contributed by atoms with Crippen molar-refractivity contribution in [1.82, 2.24) is 20.6 Å². The number of alkyl carbamates (subject to hydrolysis) is 1. The van der Waals surface area contributed by atoms with E-state index in [4.69, 9.17) is 4.74 Å². The van der Waals surface area contributed by atoms with Gasteiger partial charge in [-0.25, -0.2) is 14.8 Å². The number of carbonyl (C=O) groups excluding carboxylic acids is 1. The van der Waals surface area contributed by atoms with Gasteiger partial charge in [0.05, 0.1) is 5.69 Å². The van der Waals surface area contributed by atoms with Crippen LogP contribution in [0.25, 0.3) is 0 Å². The molecule has 110 valence electrons. The Kier molecular flexibility index (Phi) is 4.54. The summed E-state index contributed by atoms with van der Waals surface area (Å²) in [4.78, 5) is 19.6. The van der Waals surface area contributed by atoms with Gasteiger partial charge in [0.1, 0.15) is 11.9 Å². The van der Waals surface area contributed by atoms with Gasteiger partial charge in [-0.05, 0) is 39.7 Å². The SMILES string of the molecule is CC(C)(C)OC(=O)NC1CC(NCc2ccncn2)C1. The molecular formula is C14H22N4O2. The summed E-state index contributed by atoms with van der Waals surface area (Å²) in [6.45, 7) is 6.31. The number of hydrogen-bond donors (Lipinski definition) is 2. The molecule has 2 rings (SSSR count). The number of rotatable bonds is 4. The Hall–Kier alpha value is -1.69. The molecule has 6 nitrogen and oxygen atoms in total. The molecule has 1 fully saturated rings. The summed E-state index contributed by atoms with van der Waals surface area (Å²) in [6, 6.07) is 2.51. The highest BCUT2D eigenvalue weighted by Crippen LogP contribution is 2.21. The molecule has 0 aromatic carbocycles.